The van der Waals surface area contributed by atoms with E-state index >= 15 is 8.78 Å². The molecule has 41 heavy (non-hydrogen) atoms. The van der Waals surface area contributed by atoms with E-state index in [4.69, 9.17) is 10.5 Å². The average molecular weight is 566 g/mol. The summed E-state index contributed by atoms with van der Waals surface area (Å²) in [5.74, 6) is -1.49. The van der Waals surface area contributed by atoms with E-state index in [1.807, 2.05) is 10.9 Å². The van der Waals surface area contributed by atoms with Crippen molar-refractivity contribution in [1.82, 2.24) is 39.9 Å². The molecule has 2 N–H and O–H groups in total. The molecule has 4 aromatic rings. The molecule has 10 nitrogen and oxygen atoms in total. The number of piperidine rings is 1. The summed E-state index contributed by atoms with van der Waals surface area (Å²) in [5.41, 5.74) is 7.99. The van der Waals surface area contributed by atoms with Crippen LogP contribution in [0.3, 0.4) is 0 Å². The van der Waals surface area contributed by atoms with Crippen molar-refractivity contribution < 1.29 is 13.5 Å². The lowest BCUT2D eigenvalue weighted by Crippen LogP contribution is -2.30. The second-order valence-corrected chi connectivity index (χ2v) is 10.9. The van der Waals surface area contributed by atoms with Crippen molar-refractivity contribution in [2.24, 2.45) is 5.92 Å². The van der Waals surface area contributed by atoms with E-state index in [0.29, 0.717) is 18.1 Å². The minimum atomic E-state index is -1.11. The maximum absolute atomic E-state index is 15.3. The lowest BCUT2D eigenvalue weighted by molar-refractivity contribution is 0.214. The Morgan fingerprint density at radius 3 is 2.63 bits per heavy atom. The van der Waals surface area contributed by atoms with Gasteiger partial charge in [0.25, 0.3) is 0 Å². The molecule has 0 spiro atoms. The van der Waals surface area contributed by atoms with Crippen LogP contribution < -0.4 is 10.5 Å². The van der Waals surface area contributed by atoms with Crippen molar-refractivity contribution in [3.8, 4) is 34.0 Å². The zero-order valence-corrected chi connectivity index (χ0v) is 23.6. The van der Waals surface area contributed by atoms with E-state index in [2.05, 4.69) is 44.4 Å². The quantitative estimate of drug-likeness (QED) is 0.235. The molecule has 218 valence electrons. The number of unbranched alkanes of at least 4 members (excludes halogenated alkanes) is 1. The van der Waals surface area contributed by atoms with Crippen LogP contribution in [0.15, 0.2) is 36.8 Å². The number of aryl methyl sites for hydroxylation is 1. The summed E-state index contributed by atoms with van der Waals surface area (Å²) in [7, 11) is 0. The molecule has 12 heteroatoms. The van der Waals surface area contributed by atoms with Crippen LogP contribution in [0, 0.1) is 17.6 Å². The van der Waals surface area contributed by atoms with E-state index < -0.39 is 11.6 Å². The number of pyridine rings is 1. The van der Waals surface area contributed by atoms with Gasteiger partial charge in [0.2, 0.25) is 5.82 Å². The van der Waals surface area contributed by atoms with E-state index in [0.717, 1.165) is 61.3 Å². The standard InChI is InChI=1S/C29H37F2N9O/c1-20(2)10-14-39-19-22(18-34-39)21-16-23(28(32)33-17-21)29-35-36-37-40(29)24-8-9-25(27(31)26(24)30)41-15-7-6-13-38-11-4-3-5-12-38/h8-9,16-20H,3-7,10-15H2,1-2H3,(H2,32,33). The highest BCUT2D eigenvalue weighted by Crippen LogP contribution is 2.31. The SMILES string of the molecule is CC(C)CCn1cc(-c2cnc(N)c(-c3nnnn3-c3ccc(OCCCCN4CCCCC4)c(F)c3F)c2)cn1. The number of nitrogen functional groups attached to an aromatic ring is 1. The van der Waals surface area contributed by atoms with E-state index in [9.17, 15) is 0 Å². The number of ether oxygens (including phenoxy) is 1. The summed E-state index contributed by atoms with van der Waals surface area (Å²) in [5, 5.41) is 16.1. The number of nitrogens with zero attached hydrogens (tertiary/aromatic N) is 8. The smallest absolute Gasteiger partial charge is 0.202 e. The fourth-order valence-corrected chi connectivity index (χ4v) is 4.95. The summed E-state index contributed by atoms with van der Waals surface area (Å²) in [4.78, 5) is 6.75. The normalized spacial score (nSPS) is 14.2. The molecule has 3 aromatic heterocycles. The first kappa shape index (κ1) is 28.6. The molecule has 0 bridgehead atoms. The third-order valence-corrected chi connectivity index (χ3v) is 7.36. The van der Waals surface area contributed by atoms with Crippen molar-refractivity contribution >= 4 is 5.82 Å². The van der Waals surface area contributed by atoms with Gasteiger partial charge in [0.05, 0.1) is 18.4 Å². The van der Waals surface area contributed by atoms with Crippen LogP contribution in [0.25, 0.3) is 28.2 Å². The van der Waals surface area contributed by atoms with Crippen molar-refractivity contribution in [2.75, 3.05) is 32.0 Å². The van der Waals surface area contributed by atoms with Crippen LogP contribution >= 0.6 is 0 Å². The maximum atomic E-state index is 15.3. The predicted molar refractivity (Wildman–Crippen MR) is 152 cm³/mol. The van der Waals surface area contributed by atoms with E-state index in [-0.39, 0.29) is 23.1 Å². The largest absolute Gasteiger partial charge is 0.490 e. The molecule has 0 aliphatic carbocycles. The molecule has 0 saturated carbocycles. The van der Waals surface area contributed by atoms with Gasteiger partial charge in [-0.25, -0.2) is 9.37 Å². The molecule has 0 unspecified atom stereocenters. The van der Waals surface area contributed by atoms with Gasteiger partial charge < -0.3 is 15.4 Å². The summed E-state index contributed by atoms with van der Waals surface area (Å²) in [6.45, 7) is 8.71. The van der Waals surface area contributed by atoms with Gasteiger partial charge >= 0.3 is 0 Å². The Kier molecular flexibility index (Phi) is 9.17. The van der Waals surface area contributed by atoms with Crippen LogP contribution in [-0.2, 0) is 6.54 Å². The van der Waals surface area contributed by atoms with Crippen LogP contribution in [0.2, 0.25) is 0 Å². The van der Waals surface area contributed by atoms with Crippen LogP contribution in [0.4, 0.5) is 14.6 Å². The minimum absolute atomic E-state index is 0.133. The second kappa shape index (κ2) is 13.2. The Bertz CT molecular complexity index is 1450. The number of hydrogen-bond acceptors (Lipinski definition) is 8. The maximum Gasteiger partial charge on any atom is 0.202 e. The fourth-order valence-electron chi connectivity index (χ4n) is 4.95. The third-order valence-electron chi connectivity index (χ3n) is 7.36. The first-order chi connectivity index (χ1) is 19.9. The lowest BCUT2D eigenvalue weighted by atomic mass is 10.1. The van der Waals surface area contributed by atoms with Crippen molar-refractivity contribution in [3.63, 3.8) is 0 Å². The molecule has 1 aromatic carbocycles. The summed E-state index contributed by atoms with van der Waals surface area (Å²) < 4.78 is 38.9. The van der Waals surface area contributed by atoms with Crippen LogP contribution in [0.5, 0.6) is 5.75 Å². The predicted octanol–water partition coefficient (Wildman–Crippen LogP) is 5.14. The zero-order valence-electron chi connectivity index (χ0n) is 23.6. The second-order valence-electron chi connectivity index (χ2n) is 10.9. The first-order valence-corrected chi connectivity index (χ1v) is 14.3. The molecule has 1 aliphatic heterocycles. The summed E-state index contributed by atoms with van der Waals surface area (Å²) in [6.07, 6.45) is 11.8. The van der Waals surface area contributed by atoms with Crippen molar-refractivity contribution in [2.45, 2.75) is 58.9 Å². The zero-order chi connectivity index (χ0) is 28.8. The number of likely N-dealkylation sites (tertiary alicyclic amines) is 1. The molecule has 0 amide bonds. The Morgan fingerprint density at radius 2 is 1.83 bits per heavy atom. The van der Waals surface area contributed by atoms with Crippen molar-refractivity contribution in [1.29, 1.82) is 0 Å². The van der Waals surface area contributed by atoms with Gasteiger partial charge in [-0.1, -0.05) is 20.3 Å². The monoisotopic (exact) mass is 565 g/mol. The highest BCUT2D eigenvalue weighted by atomic mass is 19.2. The van der Waals surface area contributed by atoms with Crippen molar-refractivity contribution in [3.05, 3.63) is 48.4 Å². The van der Waals surface area contributed by atoms with Gasteiger partial charge in [-0.2, -0.15) is 14.2 Å². The van der Waals surface area contributed by atoms with Gasteiger partial charge in [0.1, 0.15) is 11.5 Å². The molecule has 1 fully saturated rings. The van der Waals surface area contributed by atoms with Gasteiger partial charge in [-0.05, 0) is 86.3 Å². The van der Waals surface area contributed by atoms with Crippen LogP contribution in [0.1, 0.15) is 52.4 Å². The number of benzene rings is 1. The number of nitrogens with two attached hydrogens (primary N) is 1. The molecule has 4 heterocycles. The number of anilines is 1. The highest BCUT2D eigenvalue weighted by Gasteiger charge is 2.22. The molecule has 5 rings (SSSR count). The topological polar surface area (TPSA) is 113 Å². The van der Waals surface area contributed by atoms with Gasteiger partial charge in [0.15, 0.2) is 17.4 Å². The molecule has 0 atom stereocenters. The molecular weight excluding hydrogens is 528 g/mol. The third kappa shape index (κ3) is 6.87. The Hall–Kier alpha value is -3.93. The Balaban J connectivity index is 1.29. The number of hydrogen-bond donors (Lipinski definition) is 1. The van der Waals surface area contributed by atoms with E-state index in [1.165, 1.54) is 31.4 Å². The van der Waals surface area contributed by atoms with Gasteiger partial charge in [0, 0.05) is 30.1 Å². The Labute approximate surface area is 238 Å². The first-order valence-electron chi connectivity index (χ1n) is 14.3. The average Bonchev–Trinajstić information content (AvgIpc) is 3.65. The number of halogens is 2. The van der Waals surface area contributed by atoms with Gasteiger partial charge in [-0.15, -0.1) is 5.10 Å². The lowest BCUT2D eigenvalue weighted by Gasteiger charge is -2.26. The summed E-state index contributed by atoms with van der Waals surface area (Å²) >= 11 is 0. The number of rotatable bonds is 12. The highest BCUT2D eigenvalue weighted by molar-refractivity contribution is 5.76. The van der Waals surface area contributed by atoms with Crippen LogP contribution in [-0.4, -0.2) is 66.1 Å². The Morgan fingerprint density at radius 1 is 1.00 bits per heavy atom. The number of tetrazole rings is 1. The summed E-state index contributed by atoms with van der Waals surface area (Å²) in [6, 6.07) is 4.56. The molecular formula is C29H37F2N9O. The molecule has 1 aliphatic rings. The molecule has 0 radical (unpaired) electrons. The fraction of sp³-hybridized carbons (Fsp3) is 0.483. The molecule has 1 saturated heterocycles. The minimum Gasteiger partial charge on any atom is -0.490 e. The van der Waals surface area contributed by atoms with E-state index in [1.54, 1.807) is 18.5 Å². The van der Waals surface area contributed by atoms with Gasteiger partial charge in [-0.3, -0.25) is 4.68 Å². The number of aromatic nitrogens is 7.